The number of carbonyl (C=O) groups excluding carboxylic acids is 3. The summed E-state index contributed by atoms with van der Waals surface area (Å²) in [5, 5.41) is 14.4. The van der Waals surface area contributed by atoms with Crippen LogP contribution in [-0.2, 0) is 23.9 Å². The van der Waals surface area contributed by atoms with Crippen molar-refractivity contribution in [2.75, 3.05) is 31.7 Å². The molecule has 0 unspecified atom stereocenters. The first-order valence-electron chi connectivity index (χ1n) is 9.22. The van der Waals surface area contributed by atoms with Gasteiger partial charge in [0.25, 0.3) is 16.0 Å². The first kappa shape index (κ1) is 26.1. The number of aliphatic hydroxyl groups is 1. The molecule has 0 radical (unpaired) electrons. The fourth-order valence-corrected chi connectivity index (χ4v) is 3.65. The van der Waals surface area contributed by atoms with Crippen LogP contribution in [0.5, 0.6) is 0 Å². The molecule has 1 aromatic rings. The molecule has 1 atom stereocenters. The Labute approximate surface area is 181 Å². The van der Waals surface area contributed by atoms with Gasteiger partial charge in [-0.05, 0) is 0 Å². The molecule has 0 aliphatic rings. The SMILES string of the molecule is CC(C)(CO)[C@@H](OS(C)(=O)=O)C(=O)NCCC(=O)NCCSC(=O)c1ccccc1. The van der Waals surface area contributed by atoms with Crippen LogP contribution >= 0.6 is 11.8 Å². The predicted molar refractivity (Wildman–Crippen MR) is 114 cm³/mol. The highest BCUT2D eigenvalue weighted by molar-refractivity contribution is 8.14. The molecule has 0 spiro atoms. The average Bonchev–Trinajstić information content (AvgIpc) is 2.69. The zero-order chi connectivity index (χ0) is 22.8. The van der Waals surface area contributed by atoms with Gasteiger partial charge in [-0.15, -0.1) is 0 Å². The van der Waals surface area contributed by atoms with Crippen molar-refractivity contribution in [1.29, 1.82) is 0 Å². The number of aliphatic hydroxyl groups excluding tert-OH is 1. The number of rotatable bonds is 12. The Bertz CT molecular complexity index is 827. The topological polar surface area (TPSA) is 139 Å². The molecule has 0 bridgehead atoms. The molecular formula is C19H28N2O7S2. The minimum atomic E-state index is -3.93. The normalized spacial score (nSPS) is 12.8. The molecule has 0 fully saturated rings. The van der Waals surface area contributed by atoms with E-state index >= 15 is 0 Å². The molecule has 0 saturated heterocycles. The highest BCUT2D eigenvalue weighted by atomic mass is 32.2. The first-order chi connectivity index (χ1) is 14.0. The van der Waals surface area contributed by atoms with Crippen molar-refractivity contribution in [3.8, 4) is 0 Å². The lowest BCUT2D eigenvalue weighted by Gasteiger charge is -2.30. The van der Waals surface area contributed by atoms with Gasteiger partial charge in [0, 0.05) is 36.2 Å². The number of hydrogen-bond acceptors (Lipinski definition) is 8. The van der Waals surface area contributed by atoms with Gasteiger partial charge in [0.15, 0.2) is 6.10 Å². The van der Waals surface area contributed by atoms with Gasteiger partial charge in [-0.2, -0.15) is 8.42 Å². The molecule has 0 saturated carbocycles. The van der Waals surface area contributed by atoms with Crippen LogP contribution in [0.15, 0.2) is 30.3 Å². The van der Waals surface area contributed by atoms with Crippen LogP contribution in [0.2, 0.25) is 0 Å². The molecule has 11 heteroatoms. The zero-order valence-corrected chi connectivity index (χ0v) is 18.8. The van der Waals surface area contributed by atoms with Crippen molar-refractivity contribution < 1.29 is 32.1 Å². The lowest BCUT2D eigenvalue weighted by molar-refractivity contribution is -0.134. The number of thioether (sulfide) groups is 1. The number of amides is 2. The van der Waals surface area contributed by atoms with E-state index in [2.05, 4.69) is 10.6 Å². The maximum absolute atomic E-state index is 12.3. The Morgan fingerprint density at radius 3 is 2.33 bits per heavy atom. The van der Waals surface area contributed by atoms with Crippen molar-refractivity contribution in [3.63, 3.8) is 0 Å². The van der Waals surface area contributed by atoms with E-state index in [1.807, 2.05) is 6.07 Å². The van der Waals surface area contributed by atoms with Crippen molar-refractivity contribution in [1.82, 2.24) is 10.6 Å². The van der Waals surface area contributed by atoms with Gasteiger partial charge in [0.1, 0.15) is 0 Å². The summed E-state index contributed by atoms with van der Waals surface area (Å²) >= 11 is 1.09. The molecule has 168 valence electrons. The fraction of sp³-hybridized carbons (Fsp3) is 0.526. The minimum Gasteiger partial charge on any atom is -0.396 e. The average molecular weight is 461 g/mol. The maximum atomic E-state index is 12.3. The van der Waals surface area contributed by atoms with Crippen LogP contribution < -0.4 is 10.6 Å². The van der Waals surface area contributed by atoms with Gasteiger partial charge in [-0.1, -0.05) is 55.9 Å². The summed E-state index contributed by atoms with van der Waals surface area (Å²) in [4.78, 5) is 36.1. The molecular weight excluding hydrogens is 432 g/mol. The van der Waals surface area contributed by atoms with Crippen molar-refractivity contribution in [3.05, 3.63) is 35.9 Å². The van der Waals surface area contributed by atoms with Crippen LogP contribution in [0.25, 0.3) is 0 Å². The number of hydrogen-bond donors (Lipinski definition) is 3. The zero-order valence-electron chi connectivity index (χ0n) is 17.2. The molecule has 0 aromatic heterocycles. The van der Waals surface area contributed by atoms with Crippen molar-refractivity contribution in [2.24, 2.45) is 5.41 Å². The maximum Gasteiger partial charge on any atom is 0.265 e. The molecule has 2 amide bonds. The first-order valence-corrected chi connectivity index (χ1v) is 12.0. The summed E-state index contributed by atoms with van der Waals surface area (Å²) in [5.41, 5.74) is -0.550. The van der Waals surface area contributed by atoms with Crippen LogP contribution in [0.1, 0.15) is 30.6 Å². The van der Waals surface area contributed by atoms with Gasteiger partial charge in [0.05, 0.1) is 12.9 Å². The summed E-state index contributed by atoms with van der Waals surface area (Å²) in [5.74, 6) is -0.665. The van der Waals surface area contributed by atoms with E-state index < -0.39 is 34.2 Å². The van der Waals surface area contributed by atoms with E-state index in [-0.39, 0.29) is 30.5 Å². The Hall–Kier alpha value is -1.95. The molecule has 1 aromatic carbocycles. The van der Waals surface area contributed by atoms with Gasteiger partial charge in [-0.25, -0.2) is 0 Å². The second-order valence-corrected chi connectivity index (χ2v) is 9.89. The summed E-state index contributed by atoms with van der Waals surface area (Å²) < 4.78 is 27.6. The number of benzene rings is 1. The molecule has 1 rings (SSSR count). The highest BCUT2D eigenvalue weighted by Crippen LogP contribution is 2.24. The number of carbonyl (C=O) groups is 3. The Morgan fingerprint density at radius 2 is 1.77 bits per heavy atom. The van der Waals surface area contributed by atoms with Crippen LogP contribution in [0, 0.1) is 5.41 Å². The molecule has 0 aliphatic carbocycles. The molecule has 0 heterocycles. The standard InChI is InChI=1S/C19H28N2O7S2/c1-19(2,13-22)16(28-30(3,26)27)17(24)21-10-9-15(23)20-11-12-29-18(25)14-7-5-4-6-8-14/h4-8,16,22H,9-13H2,1-3H3,(H,20,23)(H,21,24)/t16-/m0/s1. The third-order valence-electron chi connectivity index (χ3n) is 3.94. The molecule has 3 N–H and O–H groups in total. The quantitative estimate of drug-likeness (QED) is 0.304. The second-order valence-electron chi connectivity index (χ2n) is 7.22. The summed E-state index contributed by atoms with van der Waals surface area (Å²) in [7, 11) is -3.93. The molecule has 30 heavy (non-hydrogen) atoms. The van der Waals surface area contributed by atoms with Gasteiger partial charge in [0.2, 0.25) is 11.0 Å². The minimum absolute atomic E-state index is 0.0335. The summed E-state index contributed by atoms with van der Waals surface area (Å²) in [6.07, 6.45) is -0.649. The Balaban J connectivity index is 2.36. The Morgan fingerprint density at radius 1 is 1.13 bits per heavy atom. The lowest BCUT2D eigenvalue weighted by Crippen LogP contribution is -2.48. The Kier molecular flexibility index (Phi) is 10.5. The number of nitrogens with one attached hydrogen (secondary N) is 2. The van der Waals surface area contributed by atoms with E-state index in [9.17, 15) is 27.9 Å². The van der Waals surface area contributed by atoms with E-state index in [1.54, 1.807) is 24.3 Å². The largest absolute Gasteiger partial charge is 0.396 e. The van der Waals surface area contributed by atoms with E-state index in [0.717, 1.165) is 18.0 Å². The van der Waals surface area contributed by atoms with Gasteiger partial charge in [-0.3, -0.25) is 18.6 Å². The third kappa shape index (κ3) is 9.70. The second kappa shape index (κ2) is 12.0. The van der Waals surface area contributed by atoms with Gasteiger partial charge >= 0.3 is 0 Å². The smallest absolute Gasteiger partial charge is 0.265 e. The van der Waals surface area contributed by atoms with Gasteiger partial charge < -0.3 is 15.7 Å². The summed E-state index contributed by atoms with van der Waals surface area (Å²) in [6.45, 7) is 2.76. The van der Waals surface area contributed by atoms with Crippen LogP contribution in [0.3, 0.4) is 0 Å². The molecule has 9 nitrogen and oxygen atoms in total. The van der Waals surface area contributed by atoms with Crippen molar-refractivity contribution in [2.45, 2.75) is 26.4 Å². The molecule has 0 aliphatic heterocycles. The van der Waals surface area contributed by atoms with E-state index in [1.165, 1.54) is 13.8 Å². The predicted octanol–water partition coefficient (Wildman–Crippen LogP) is 0.546. The van der Waals surface area contributed by atoms with E-state index in [4.69, 9.17) is 4.18 Å². The van der Waals surface area contributed by atoms with Crippen LogP contribution in [-0.4, -0.2) is 68.3 Å². The third-order valence-corrected chi connectivity index (χ3v) is 5.39. The monoisotopic (exact) mass is 460 g/mol. The van der Waals surface area contributed by atoms with Crippen LogP contribution in [0.4, 0.5) is 0 Å². The fourth-order valence-electron chi connectivity index (χ4n) is 2.26. The van der Waals surface area contributed by atoms with E-state index in [0.29, 0.717) is 11.3 Å². The highest BCUT2D eigenvalue weighted by Gasteiger charge is 2.38. The lowest BCUT2D eigenvalue weighted by atomic mass is 9.87. The van der Waals surface area contributed by atoms with Crippen molar-refractivity contribution >= 4 is 38.8 Å². The summed E-state index contributed by atoms with van der Waals surface area (Å²) in [6, 6.07) is 8.81.